The van der Waals surface area contributed by atoms with Gasteiger partial charge in [0, 0.05) is 45.8 Å². The molecule has 2 atom stereocenters. The van der Waals surface area contributed by atoms with Crippen molar-refractivity contribution in [3.63, 3.8) is 0 Å². The summed E-state index contributed by atoms with van der Waals surface area (Å²) in [7, 11) is 1.59. The maximum Gasteiger partial charge on any atom is 0.246 e. The summed E-state index contributed by atoms with van der Waals surface area (Å²) in [5.74, 6) is -0.193. The van der Waals surface area contributed by atoms with Crippen molar-refractivity contribution >= 4 is 5.91 Å². The monoisotopic (exact) mass is 435 g/mol. The van der Waals surface area contributed by atoms with Crippen molar-refractivity contribution < 1.29 is 19.1 Å². The fraction of sp³-hybridized carbons (Fsp3) is 0.708. The number of ether oxygens (including phenoxy) is 1. The molecule has 2 aliphatic rings. The van der Waals surface area contributed by atoms with E-state index in [2.05, 4.69) is 9.80 Å². The van der Waals surface area contributed by atoms with E-state index in [1.54, 1.807) is 19.2 Å². The third kappa shape index (κ3) is 7.52. The van der Waals surface area contributed by atoms with Crippen molar-refractivity contribution in [2.24, 2.45) is 11.8 Å². The minimum Gasteiger partial charge on any atom is -0.377 e. The van der Waals surface area contributed by atoms with Crippen LogP contribution in [0, 0.1) is 17.7 Å². The number of carbonyl (C=O) groups is 1. The molecule has 1 aromatic rings. The number of rotatable bonds is 10. The van der Waals surface area contributed by atoms with E-state index in [1.807, 2.05) is 5.48 Å². The van der Waals surface area contributed by atoms with Crippen molar-refractivity contribution in [2.45, 2.75) is 51.0 Å². The molecule has 1 aliphatic carbocycles. The first-order valence-electron chi connectivity index (χ1n) is 11.8. The van der Waals surface area contributed by atoms with E-state index < -0.39 is 0 Å². The van der Waals surface area contributed by atoms with Gasteiger partial charge in [0.25, 0.3) is 0 Å². The molecule has 7 heteroatoms. The molecule has 31 heavy (non-hydrogen) atoms. The highest BCUT2D eigenvalue weighted by atomic mass is 19.1. The molecule has 0 bridgehead atoms. The summed E-state index contributed by atoms with van der Waals surface area (Å²) in [6, 6.07) is 6.16. The maximum absolute atomic E-state index is 13.2. The lowest BCUT2D eigenvalue weighted by Gasteiger charge is -2.37. The number of hydrogen-bond acceptors (Lipinski definition) is 5. The van der Waals surface area contributed by atoms with Gasteiger partial charge >= 0.3 is 0 Å². The summed E-state index contributed by atoms with van der Waals surface area (Å²) in [4.78, 5) is 17.3. The Hall–Kier alpha value is -1.54. The van der Waals surface area contributed by atoms with Gasteiger partial charge in [-0.05, 0) is 55.8 Å². The molecule has 1 amide bonds. The van der Waals surface area contributed by atoms with Gasteiger partial charge in [-0.1, -0.05) is 31.4 Å². The summed E-state index contributed by atoms with van der Waals surface area (Å²) in [5.41, 5.74) is 2.64. The minimum absolute atomic E-state index is 0.300. The second kappa shape index (κ2) is 12.5. The molecule has 6 nitrogen and oxygen atoms in total. The third-order valence-electron chi connectivity index (χ3n) is 7.01. The third-order valence-corrected chi connectivity index (χ3v) is 7.01. The molecule has 0 spiro atoms. The van der Waals surface area contributed by atoms with Crippen LogP contribution in [0.25, 0.3) is 0 Å². The predicted octanol–water partition coefficient (Wildman–Crippen LogP) is 3.61. The lowest BCUT2D eigenvalue weighted by atomic mass is 9.89. The second-order valence-electron chi connectivity index (χ2n) is 9.12. The Morgan fingerprint density at radius 2 is 1.77 bits per heavy atom. The lowest BCUT2D eigenvalue weighted by molar-refractivity contribution is -0.135. The molecule has 2 fully saturated rings. The zero-order valence-corrected chi connectivity index (χ0v) is 18.8. The smallest absolute Gasteiger partial charge is 0.246 e. The van der Waals surface area contributed by atoms with E-state index in [9.17, 15) is 14.4 Å². The molecular formula is C24H38FN3O3. The van der Waals surface area contributed by atoms with Crippen LogP contribution in [0.5, 0.6) is 0 Å². The van der Waals surface area contributed by atoms with Crippen LogP contribution in [0.15, 0.2) is 24.3 Å². The standard InChI is InChI=1S/C24H38FN3O3/c1-31-23(20-7-9-22(25)10-8-20)17-21(24(29)26-30)11-12-27-13-15-28(16-14-27)18-19-5-3-2-4-6-19/h7-10,19,21,23,30H,2-6,11-18H2,1H3,(H,26,29)/t21-,23+/m0/s1. The predicted molar refractivity (Wildman–Crippen MR) is 118 cm³/mol. The van der Waals surface area contributed by atoms with Gasteiger partial charge in [-0.15, -0.1) is 0 Å². The van der Waals surface area contributed by atoms with Crippen LogP contribution in [0.3, 0.4) is 0 Å². The zero-order valence-electron chi connectivity index (χ0n) is 18.8. The summed E-state index contributed by atoms with van der Waals surface area (Å²) < 4.78 is 18.8. The Morgan fingerprint density at radius 1 is 1.13 bits per heavy atom. The van der Waals surface area contributed by atoms with Crippen LogP contribution in [0.2, 0.25) is 0 Å². The number of benzene rings is 1. The summed E-state index contributed by atoms with van der Waals surface area (Å²) >= 11 is 0. The molecule has 0 unspecified atom stereocenters. The van der Waals surface area contributed by atoms with Crippen LogP contribution in [0.4, 0.5) is 4.39 Å². The topological polar surface area (TPSA) is 65.0 Å². The molecule has 1 saturated carbocycles. The van der Waals surface area contributed by atoms with E-state index in [1.165, 1.54) is 50.8 Å². The normalized spacial score (nSPS) is 21.0. The number of carbonyl (C=O) groups excluding carboxylic acids is 1. The van der Waals surface area contributed by atoms with Crippen LogP contribution in [0.1, 0.15) is 56.6 Å². The molecule has 1 aliphatic heterocycles. The molecule has 3 rings (SSSR count). The quantitative estimate of drug-likeness (QED) is 0.434. The summed E-state index contributed by atoms with van der Waals surface area (Å²) in [5, 5.41) is 9.21. The fourth-order valence-corrected chi connectivity index (χ4v) is 5.02. The largest absolute Gasteiger partial charge is 0.377 e. The van der Waals surface area contributed by atoms with Crippen molar-refractivity contribution in [2.75, 3.05) is 46.4 Å². The van der Waals surface area contributed by atoms with E-state index in [-0.39, 0.29) is 23.7 Å². The Kier molecular flexibility index (Phi) is 9.71. The Labute approximate surface area is 185 Å². The zero-order chi connectivity index (χ0) is 22.1. The number of nitrogens with zero attached hydrogens (tertiary/aromatic N) is 2. The van der Waals surface area contributed by atoms with Gasteiger partial charge in [0.15, 0.2) is 0 Å². The average Bonchev–Trinajstić information content (AvgIpc) is 2.81. The van der Waals surface area contributed by atoms with E-state index in [0.717, 1.165) is 44.2 Å². The van der Waals surface area contributed by atoms with Crippen molar-refractivity contribution in [3.8, 4) is 0 Å². The first-order chi connectivity index (χ1) is 15.1. The Balaban J connectivity index is 1.46. The Morgan fingerprint density at radius 3 is 2.39 bits per heavy atom. The van der Waals surface area contributed by atoms with Gasteiger partial charge in [0.2, 0.25) is 5.91 Å². The van der Waals surface area contributed by atoms with Crippen LogP contribution >= 0.6 is 0 Å². The SMILES string of the molecule is CO[C@H](C[C@H](CCN1CCN(CC2CCCCC2)CC1)C(=O)NO)c1ccc(F)cc1. The molecule has 1 saturated heterocycles. The molecule has 0 radical (unpaired) electrons. The number of halogens is 1. The molecule has 0 aromatic heterocycles. The van der Waals surface area contributed by atoms with Gasteiger partial charge < -0.3 is 14.5 Å². The van der Waals surface area contributed by atoms with Gasteiger partial charge in [0.05, 0.1) is 6.10 Å². The van der Waals surface area contributed by atoms with Crippen molar-refractivity contribution in [3.05, 3.63) is 35.6 Å². The summed E-state index contributed by atoms with van der Waals surface area (Å²) in [6.07, 6.45) is 7.71. The lowest BCUT2D eigenvalue weighted by Crippen LogP contribution is -2.48. The van der Waals surface area contributed by atoms with E-state index in [4.69, 9.17) is 4.74 Å². The first-order valence-corrected chi connectivity index (χ1v) is 11.8. The number of hydroxylamine groups is 1. The second-order valence-corrected chi connectivity index (χ2v) is 9.12. The number of hydrogen-bond donors (Lipinski definition) is 2. The highest BCUT2D eigenvalue weighted by Gasteiger charge is 2.26. The summed E-state index contributed by atoms with van der Waals surface area (Å²) in [6.45, 7) is 6.26. The first kappa shape index (κ1) is 24.1. The molecule has 2 N–H and O–H groups in total. The molecule has 174 valence electrons. The van der Waals surface area contributed by atoms with Gasteiger partial charge in [-0.25, -0.2) is 9.87 Å². The van der Waals surface area contributed by atoms with Gasteiger partial charge in [-0.2, -0.15) is 0 Å². The van der Waals surface area contributed by atoms with Gasteiger partial charge in [-0.3, -0.25) is 10.0 Å². The minimum atomic E-state index is -0.389. The van der Waals surface area contributed by atoms with E-state index in [0.29, 0.717) is 12.8 Å². The van der Waals surface area contributed by atoms with Crippen molar-refractivity contribution in [1.82, 2.24) is 15.3 Å². The van der Waals surface area contributed by atoms with Crippen molar-refractivity contribution in [1.29, 1.82) is 0 Å². The number of nitrogens with one attached hydrogen (secondary N) is 1. The van der Waals surface area contributed by atoms with Crippen LogP contribution in [-0.2, 0) is 9.53 Å². The Bertz CT molecular complexity index is 659. The number of methoxy groups -OCH3 is 1. The number of piperazine rings is 1. The molecule has 1 heterocycles. The maximum atomic E-state index is 13.2. The highest BCUT2D eigenvalue weighted by Crippen LogP contribution is 2.28. The highest BCUT2D eigenvalue weighted by molar-refractivity contribution is 5.77. The average molecular weight is 436 g/mol. The number of amides is 1. The fourth-order valence-electron chi connectivity index (χ4n) is 5.02. The van der Waals surface area contributed by atoms with Crippen LogP contribution < -0.4 is 5.48 Å². The van der Waals surface area contributed by atoms with Crippen LogP contribution in [-0.4, -0.2) is 67.3 Å². The van der Waals surface area contributed by atoms with E-state index >= 15 is 0 Å². The molecular weight excluding hydrogens is 397 g/mol. The van der Waals surface area contributed by atoms with Gasteiger partial charge in [0.1, 0.15) is 5.82 Å². The molecule has 1 aromatic carbocycles.